The second kappa shape index (κ2) is 13.2. The van der Waals surface area contributed by atoms with Crippen molar-refractivity contribution in [1.29, 1.82) is 0 Å². The van der Waals surface area contributed by atoms with Crippen molar-refractivity contribution in [3.05, 3.63) is 100 Å². The highest BCUT2D eigenvalue weighted by Gasteiger charge is 2.35. The van der Waals surface area contributed by atoms with Crippen molar-refractivity contribution in [2.24, 2.45) is 4.99 Å². The summed E-state index contributed by atoms with van der Waals surface area (Å²) in [5.74, 6) is 0.463. The molecule has 0 saturated heterocycles. The Labute approximate surface area is 232 Å². The fourth-order valence-corrected chi connectivity index (χ4v) is 4.87. The normalized spacial score (nSPS) is 18.9. The predicted octanol–water partition coefficient (Wildman–Crippen LogP) is 4.75. The molecular formula is C30H32ClFN4O3. The van der Waals surface area contributed by atoms with E-state index in [2.05, 4.69) is 40.7 Å². The number of carbonyl (C=O) groups excluding carboxylic acids is 1. The zero-order chi connectivity index (χ0) is 27.8. The maximum atomic E-state index is 13.4. The second-order valence-electron chi connectivity index (χ2n) is 9.08. The summed E-state index contributed by atoms with van der Waals surface area (Å²) in [6.45, 7) is 9.89. The number of halogens is 2. The van der Waals surface area contributed by atoms with Gasteiger partial charge in [0.15, 0.2) is 0 Å². The quantitative estimate of drug-likeness (QED) is 0.147. The molecule has 1 aromatic carbocycles. The molecule has 2 aromatic rings. The number of allylic oxidation sites excluding steroid dienone is 4. The van der Waals surface area contributed by atoms with Crippen molar-refractivity contribution in [2.75, 3.05) is 19.7 Å². The summed E-state index contributed by atoms with van der Waals surface area (Å²) in [5, 5.41) is 5.10. The highest BCUT2D eigenvalue weighted by Crippen LogP contribution is 2.34. The molecule has 7 nitrogen and oxygen atoms in total. The van der Waals surface area contributed by atoms with E-state index in [-0.39, 0.29) is 11.1 Å². The highest BCUT2D eigenvalue weighted by molar-refractivity contribution is 6.24. The molecule has 1 aliphatic carbocycles. The van der Waals surface area contributed by atoms with Crippen molar-refractivity contribution in [1.82, 2.24) is 15.2 Å². The summed E-state index contributed by atoms with van der Waals surface area (Å²) in [4.78, 5) is 22.3. The van der Waals surface area contributed by atoms with Crippen LogP contribution < -0.4 is 20.6 Å². The summed E-state index contributed by atoms with van der Waals surface area (Å²) < 4.78 is 24.7. The fourth-order valence-electron chi connectivity index (χ4n) is 4.65. The van der Waals surface area contributed by atoms with Gasteiger partial charge >= 0.3 is 6.09 Å². The van der Waals surface area contributed by atoms with E-state index >= 15 is 0 Å². The Hall–Kier alpha value is -4.04. The Morgan fingerprint density at radius 3 is 2.85 bits per heavy atom. The Morgan fingerprint density at radius 1 is 1.33 bits per heavy atom. The Bertz CT molecular complexity index is 1420. The number of carbonyl (C=O) groups is 1. The molecule has 0 fully saturated rings. The van der Waals surface area contributed by atoms with Crippen LogP contribution >= 0.6 is 11.6 Å². The van der Waals surface area contributed by atoms with Gasteiger partial charge in [-0.1, -0.05) is 30.9 Å². The van der Waals surface area contributed by atoms with Gasteiger partial charge in [-0.05, 0) is 68.0 Å². The maximum absolute atomic E-state index is 13.4. The van der Waals surface area contributed by atoms with Crippen LogP contribution in [-0.4, -0.2) is 47.8 Å². The minimum atomic E-state index is -0.550. The molecular weight excluding hydrogens is 519 g/mol. The molecule has 1 aliphatic heterocycles. The number of fused-ring (bicyclic) bond motifs is 3. The summed E-state index contributed by atoms with van der Waals surface area (Å²) in [7, 11) is 0. The number of aliphatic imine (C=N–C) groups is 1. The van der Waals surface area contributed by atoms with Gasteiger partial charge in [-0.3, -0.25) is 9.89 Å². The van der Waals surface area contributed by atoms with Crippen LogP contribution in [0.1, 0.15) is 36.2 Å². The molecule has 2 N–H and O–H groups in total. The predicted molar refractivity (Wildman–Crippen MR) is 154 cm³/mol. The van der Waals surface area contributed by atoms with Gasteiger partial charge in [-0.25, -0.2) is 9.18 Å². The largest absolute Gasteiger partial charge is 0.492 e. The first-order chi connectivity index (χ1) is 18.9. The van der Waals surface area contributed by atoms with E-state index < -0.39 is 18.0 Å². The molecule has 2 unspecified atom stereocenters. The topological polar surface area (TPSA) is 79.0 Å². The van der Waals surface area contributed by atoms with Gasteiger partial charge in [0.25, 0.3) is 0 Å². The standard InChI is InChI=1S/C30H32ClFN4O3/c1-4-23(9-5-20(2)32)39-30(37)36-17-13-25-26-19-22(31)8-12-27(26)35-28(25)29(36)21-6-10-24(11-7-21)38-18-16-34-15-14-33-3/h4-7,9-12,14-15,19,22,29,34-35H,1,3,8,13,16-18H2,2H3/b15-14-,20-5+,23-9+. The molecule has 2 heterocycles. The molecule has 2 aliphatic rings. The van der Waals surface area contributed by atoms with Crippen LogP contribution in [0.15, 0.2) is 78.1 Å². The average molecular weight is 551 g/mol. The first kappa shape index (κ1) is 28.0. The third-order valence-electron chi connectivity index (χ3n) is 6.42. The number of amides is 1. The number of rotatable bonds is 10. The first-order valence-electron chi connectivity index (χ1n) is 12.7. The minimum Gasteiger partial charge on any atom is -0.492 e. The molecule has 4 rings (SSSR count). The number of hydrogen-bond donors (Lipinski definition) is 2. The van der Waals surface area contributed by atoms with E-state index in [4.69, 9.17) is 21.1 Å². The number of H-pyrrole nitrogens is 1. The zero-order valence-corrected chi connectivity index (χ0v) is 22.6. The maximum Gasteiger partial charge on any atom is 0.416 e. The molecule has 9 heteroatoms. The molecule has 0 radical (unpaired) electrons. The SMILES string of the molecule is C=C/C(=C\C=C(/C)F)OC(=O)N1CCc2c([nH]c3c2=CC(Cl)CC=3)C1c1ccc(OCCN/C=C\N=C)cc1. The van der Waals surface area contributed by atoms with Gasteiger partial charge in [0.2, 0.25) is 0 Å². The molecule has 204 valence electrons. The van der Waals surface area contributed by atoms with Crippen LogP contribution in [0.2, 0.25) is 0 Å². The number of nitrogens with zero attached hydrogens (tertiary/aromatic N) is 2. The van der Waals surface area contributed by atoms with Crippen molar-refractivity contribution >= 4 is 36.6 Å². The molecule has 0 bridgehead atoms. The van der Waals surface area contributed by atoms with Gasteiger partial charge in [-0.2, -0.15) is 0 Å². The van der Waals surface area contributed by atoms with Crippen LogP contribution in [0, 0.1) is 0 Å². The number of aromatic nitrogens is 1. The van der Waals surface area contributed by atoms with E-state index in [1.165, 1.54) is 25.2 Å². The minimum absolute atomic E-state index is 0.0689. The average Bonchev–Trinajstić information content (AvgIpc) is 3.30. The summed E-state index contributed by atoms with van der Waals surface area (Å²) in [6, 6.07) is 7.23. The van der Waals surface area contributed by atoms with Gasteiger partial charge in [0.05, 0.1) is 11.2 Å². The van der Waals surface area contributed by atoms with Gasteiger partial charge in [0, 0.05) is 41.8 Å². The summed E-state index contributed by atoms with van der Waals surface area (Å²) in [6.07, 6.45) is 12.3. The third-order valence-corrected chi connectivity index (χ3v) is 6.72. The highest BCUT2D eigenvalue weighted by atomic mass is 35.5. The fraction of sp³-hybridized carbons (Fsp3) is 0.267. The number of ether oxygens (including phenoxy) is 2. The van der Waals surface area contributed by atoms with Crippen LogP contribution in [0.3, 0.4) is 0 Å². The van der Waals surface area contributed by atoms with E-state index in [1.54, 1.807) is 17.3 Å². The smallest absolute Gasteiger partial charge is 0.416 e. The lowest BCUT2D eigenvalue weighted by molar-refractivity contribution is 0.115. The van der Waals surface area contributed by atoms with Crippen LogP contribution in [0.25, 0.3) is 12.2 Å². The van der Waals surface area contributed by atoms with Crippen LogP contribution in [-0.2, 0) is 11.2 Å². The van der Waals surface area contributed by atoms with Gasteiger partial charge < -0.3 is 19.8 Å². The van der Waals surface area contributed by atoms with Gasteiger partial charge in [-0.15, -0.1) is 11.6 Å². The van der Waals surface area contributed by atoms with E-state index in [9.17, 15) is 9.18 Å². The summed E-state index contributed by atoms with van der Waals surface area (Å²) >= 11 is 6.43. The number of alkyl halides is 1. The van der Waals surface area contributed by atoms with E-state index in [1.807, 2.05) is 24.3 Å². The number of nitrogens with one attached hydrogen (secondary N) is 2. The molecule has 1 aromatic heterocycles. The third kappa shape index (κ3) is 6.89. The van der Waals surface area contributed by atoms with Crippen LogP contribution in [0.4, 0.5) is 9.18 Å². The Morgan fingerprint density at radius 2 is 2.13 bits per heavy atom. The number of hydrogen-bond acceptors (Lipinski definition) is 5. The van der Waals surface area contributed by atoms with Crippen molar-refractivity contribution in [3.8, 4) is 5.75 Å². The molecule has 39 heavy (non-hydrogen) atoms. The monoisotopic (exact) mass is 550 g/mol. The lowest BCUT2D eigenvalue weighted by Gasteiger charge is -2.35. The molecule has 0 saturated carbocycles. The number of benzene rings is 1. The molecule has 2 atom stereocenters. The van der Waals surface area contributed by atoms with Crippen molar-refractivity contribution in [3.63, 3.8) is 0 Å². The van der Waals surface area contributed by atoms with Crippen molar-refractivity contribution in [2.45, 2.75) is 31.2 Å². The van der Waals surface area contributed by atoms with E-state index in [0.717, 1.165) is 33.8 Å². The summed E-state index contributed by atoms with van der Waals surface area (Å²) in [5.41, 5.74) is 2.96. The Balaban J connectivity index is 1.63. The number of aromatic amines is 1. The van der Waals surface area contributed by atoms with Crippen molar-refractivity contribution < 1.29 is 18.7 Å². The van der Waals surface area contributed by atoms with Gasteiger partial charge in [0.1, 0.15) is 24.2 Å². The van der Waals surface area contributed by atoms with Crippen LogP contribution in [0.5, 0.6) is 5.75 Å². The lowest BCUT2D eigenvalue weighted by atomic mass is 9.92. The Kier molecular flexibility index (Phi) is 9.44. The molecule has 1 amide bonds. The second-order valence-corrected chi connectivity index (χ2v) is 9.64. The lowest BCUT2D eigenvalue weighted by Crippen LogP contribution is -2.42. The first-order valence-corrected chi connectivity index (χ1v) is 13.1. The molecule has 0 spiro atoms. The zero-order valence-electron chi connectivity index (χ0n) is 21.8. The van der Waals surface area contributed by atoms with E-state index in [0.29, 0.717) is 31.9 Å².